The number of benzene rings is 11. The fourth-order valence-corrected chi connectivity index (χ4v) is 14.7. The molecule has 2 aromatic heterocycles. The van der Waals surface area contributed by atoms with E-state index in [-0.39, 0.29) is 21.7 Å². The van der Waals surface area contributed by atoms with Gasteiger partial charge in [-0.2, -0.15) is 0 Å². The summed E-state index contributed by atoms with van der Waals surface area (Å²) in [6, 6.07) is 97.4. The van der Waals surface area contributed by atoms with E-state index in [1.165, 1.54) is 72.3 Å². The van der Waals surface area contributed by atoms with Gasteiger partial charge in [-0.25, -0.2) is 4.98 Å². The van der Waals surface area contributed by atoms with Crippen LogP contribution >= 0.6 is 0 Å². The van der Waals surface area contributed by atoms with Gasteiger partial charge in [-0.3, -0.25) is 4.57 Å². The molecule has 0 atom stereocenters. The van der Waals surface area contributed by atoms with Crippen molar-refractivity contribution < 1.29 is 4.74 Å². The van der Waals surface area contributed by atoms with Crippen molar-refractivity contribution in [1.82, 2.24) is 9.55 Å². The molecule has 5 nitrogen and oxygen atoms in total. The lowest BCUT2D eigenvalue weighted by Gasteiger charge is -2.37. The van der Waals surface area contributed by atoms with E-state index in [1.807, 2.05) is 6.20 Å². The second-order valence-corrected chi connectivity index (χ2v) is 30.1. The maximum absolute atomic E-state index is 7.97. The van der Waals surface area contributed by atoms with Gasteiger partial charge in [0.25, 0.3) is 0 Å². The van der Waals surface area contributed by atoms with Crippen LogP contribution < -0.4 is 14.5 Å². The lowest BCUT2D eigenvalue weighted by atomic mass is 9.65. The smallest absolute Gasteiger partial charge is 0.137 e. The molecule has 0 N–H and O–H groups in total. The summed E-state index contributed by atoms with van der Waals surface area (Å²) in [4.78, 5) is 10.2. The van der Waals surface area contributed by atoms with Crippen LogP contribution in [0.3, 0.4) is 0 Å². The molecule has 0 amide bonds. The van der Waals surface area contributed by atoms with Crippen LogP contribution in [-0.2, 0) is 27.1 Å². The van der Waals surface area contributed by atoms with Crippen molar-refractivity contribution in [3.05, 3.63) is 312 Å². The van der Waals surface area contributed by atoms with Crippen molar-refractivity contribution in [2.75, 3.05) is 16.5 Å². The highest BCUT2D eigenvalue weighted by molar-refractivity contribution is 6.11. The first-order valence-corrected chi connectivity index (χ1v) is 33.4. The molecule has 1 aliphatic carbocycles. The zero-order valence-corrected chi connectivity index (χ0v) is 56.3. The van der Waals surface area contributed by atoms with Crippen LogP contribution in [0.5, 0.6) is 11.5 Å². The highest BCUT2D eigenvalue weighted by Gasteiger charge is 2.48. The number of para-hydroxylation sites is 3. The number of nitrogens with zero attached hydrogens (tertiary/aromatic N) is 4. The minimum atomic E-state index is -0.812. The predicted molar refractivity (Wildman–Crippen MR) is 396 cm³/mol. The Balaban J connectivity index is 1.03. The van der Waals surface area contributed by atoms with E-state index in [2.05, 4.69) is 358 Å². The Bertz CT molecular complexity index is 4930. The van der Waals surface area contributed by atoms with Crippen molar-refractivity contribution in [1.29, 1.82) is 0 Å². The molecule has 0 radical (unpaired) electrons. The molecule has 0 fully saturated rings. The van der Waals surface area contributed by atoms with E-state index in [0.29, 0.717) is 6.67 Å². The Morgan fingerprint density at radius 2 is 0.840 bits per heavy atom. The Labute approximate surface area is 555 Å². The molecular weight excluding hydrogens is 1140 g/mol. The van der Waals surface area contributed by atoms with Crippen LogP contribution in [0.15, 0.2) is 267 Å². The lowest BCUT2D eigenvalue weighted by molar-refractivity contribution is 0.483. The van der Waals surface area contributed by atoms with Crippen LogP contribution in [-0.4, -0.2) is 16.2 Å². The van der Waals surface area contributed by atoms with Crippen molar-refractivity contribution in [3.8, 4) is 61.8 Å². The van der Waals surface area contributed by atoms with Crippen LogP contribution in [0.1, 0.15) is 128 Å². The average molecular weight is 1220 g/mol. The lowest BCUT2D eigenvalue weighted by Crippen LogP contribution is -2.31. The maximum Gasteiger partial charge on any atom is 0.137 e. The molecule has 464 valence electrons. The summed E-state index contributed by atoms with van der Waals surface area (Å²) in [6.07, 6.45) is 1.96. The number of anilines is 4. The van der Waals surface area contributed by atoms with Gasteiger partial charge in [0.2, 0.25) is 0 Å². The second kappa shape index (κ2) is 22.5. The van der Waals surface area contributed by atoms with E-state index in [0.717, 1.165) is 78.6 Å². The van der Waals surface area contributed by atoms with Gasteiger partial charge in [-0.1, -0.05) is 271 Å². The minimum absolute atomic E-state index is 0.0911. The molecule has 0 saturated carbocycles. The minimum Gasteiger partial charge on any atom is -0.457 e. The number of pyridine rings is 1. The van der Waals surface area contributed by atoms with Gasteiger partial charge in [0.15, 0.2) is 0 Å². The topological polar surface area (TPSA) is 33.5 Å². The molecule has 11 aromatic carbocycles. The quantitative estimate of drug-likeness (QED) is 0.137. The molecule has 94 heavy (non-hydrogen) atoms. The molecule has 1 aliphatic heterocycles. The molecule has 5 heteroatoms. The number of ether oxygens (including phenoxy) is 1. The Morgan fingerprint density at radius 1 is 0.362 bits per heavy atom. The van der Waals surface area contributed by atoms with Crippen molar-refractivity contribution in [3.63, 3.8) is 0 Å². The zero-order chi connectivity index (χ0) is 65.1. The summed E-state index contributed by atoms with van der Waals surface area (Å²) in [7, 11) is 0. The summed E-state index contributed by atoms with van der Waals surface area (Å²) in [6.45, 7) is 28.4. The number of hydrogen-bond acceptors (Lipinski definition) is 4. The monoisotopic (exact) mass is 1220 g/mol. The number of rotatable bonds is 10. The first-order valence-electron chi connectivity index (χ1n) is 33.4. The van der Waals surface area contributed by atoms with Gasteiger partial charge in [-0.05, 0) is 155 Å². The Morgan fingerprint density at radius 3 is 1.40 bits per heavy atom. The van der Waals surface area contributed by atoms with Gasteiger partial charge in [0, 0.05) is 51.5 Å². The third-order valence-corrected chi connectivity index (χ3v) is 19.8. The largest absolute Gasteiger partial charge is 0.457 e. The molecule has 0 spiro atoms. The molecular formula is C89H82N4O. The summed E-state index contributed by atoms with van der Waals surface area (Å²) in [5.41, 5.74) is 24.3. The molecule has 3 heterocycles. The van der Waals surface area contributed by atoms with Gasteiger partial charge in [0.05, 0.1) is 33.5 Å². The molecule has 0 bridgehead atoms. The van der Waals surface area contributed by atoms with Gasteiger partial charge in [0.1, 0.15) is 24.0 Å². The highest BCUT2D eigenvalue weighted by atomic mass is 16.5. The van der Waals surface area contributed by atoms with Crippen LogP contribution in [0.2, 0.25) is 0 Å². The normalized spacial score (nSPS) is 13.7. The van der Waals surface area contributed by atoms with Crippen molar-refractivity contribution >= 4 is 44.6 Å². The third-order valence-electron chi connectivity index (χ3n) is 19.8. The molecule has 2 aliphatic rings. The van der Waals surface area contributed by atoms with E-state index in [9.17, 15) is 0 Å². The van der Waals surface area contributed by atoms with Gasteiger partial charge >= 0.3 is 0 Å². The zero-order valence-electron chi connectivity index (χ0n) is 56.3. The fraction of sp³-hybridized carbons (Fsp3) is 0.202. The maximum atomic E-state index is 7.97. The third kappa shape index (κ3) is 10.3. The first-order chi connectivity index (χ1) is 45.1. The second-order valence-electron chi connectivity index (χ2n) is 30.1. The average Bonchev–Trinajstić information content (AvgIpc) is 1.51. The van der Waals surface area contributed by atoms with E-state index < -0.39 is 5.41 Å². The molecule has 13 aromatic rings. The van der Waals surface area contributed by atoms with Crippen LogP contribution in [0.25, 0.3) is 72.1 Å². The van der Waals surface area contributed by atoms with Gasteiger partial charge < -0.3 is 14.5 Å². The van der Waals surface area contributed by atoms with E-state index in [4.69, 9.17) is 9.72 Å². The summed E-state index contributed by atoms with van der Waals surface area (Å²) >= 11 is 0. The number of hydrogen-bond donors (Lipinski definition) is 0. The van der Waals surface area contributed by atoms with Crippen molar-refractivity contribution in [2.45, 2.75) is 110 Å². The summed E-state index contributed by atoms with van der Waals surface area (Å²) in [5, 5.41) is 2.27. The van der Waals surface area contributed by atoms with Gasteiger partial charge in [-0.15, -0.1) is 0 Å². The van der Waals surface area contributed by atoms with Crippen LogP contribution in [0.4, 0.5) is 22.7 Å². The Kier molecular flexibility index (Phi) is 14.4. The van der Waals surface area contributed by atoms with E-state index >= 15 is 0 Å². The summed E-state index contributed by atoms with van der Waals surface area (Å²) < 4.78 is 10.3. The summed E-state index contributed by atoms with van der Waals surface area (Å²) in [5.74, 6) is 2.33. The Hall–Kier alpha value is -10.2. The fourth-order valence-electron chi connectivity index (χ4n) is 14.7. The molecule has 15 rings (SSSR count). The standard InChI is InChI=1S/C89H82N4O/c1-85(2,3)61-44-45-90-83(53-61)93-78-41-27-24-38-71(78)75-55-72(58-30-16-13-17-31-58)82(56-81(75)93)94-68-50-66(89(65-47-62(86(4,5)6)46-63(48-65)87(7,8)9)76-39-25-22-36-69(76)70-37-23-26-40-77(70)89)49-67(54-68)91-57-92(80-43-29-28-42-79(80)91)84-73(59-32-18-14-19-33-59)51-64(88(10,11)12)52-74(84)60-34-20-15-21-35-60/h13-56H,57H2,1-12H3. The highest BCUT2D eigenvalue weighted by Crippen LogP contribution is 2.59. The van der Waals surface area contributed by atoms with Crippen LogP contribution in [0, 0.1) is 0 Å². The molecule has 0 unspecified atom stereocenters. The number of aromatic nitrogens is 2. The van der Waals surface area contributed by atoms with E-state index in [1.54, 1.807) is 0 Å². The van der Waals surface area contributed by atoms with Crippen molar-refractivity contribution in [2.24, 2.45) is 0 Å². The number of fused-ring (bicyclic) bond motifs is 7. The SMILES string of the molecule is CC(C)(C)c1cc(C(C)(C)C)cc(C2(c3cc(Oc4cc5c(cc4-c4ccccc4)c4ccccc4n5-c4cc(C(C)(C)C)ccn4)cc(N4CN(c5c(-c6ccccc6)cc(C(C)(C)C)cc5-c5ccccc5)c5ccccc54)c3)c3ccccc3-c3ccccc32)c1. The molecule has 0 saturated heterocycles. The first kappa shape index (κ1) is 60.0. The predicted octanol–water partition coefficient (Wildman–Crippen LogP) is 23.8.